The number of hydrogen-bond donors (Lipinski definition) is 0. The maximum absolute atomic E-state index is 12.3. The van der Waals surface area contributed by atoms with Gasteiger partial charge >= 0.3 is 11.9 Å². The van der Waals surface area contributed by atoms with Crippen LogP contribution in [0.5, 0.6) is 0 Å². The molecule has 25 heavy (non-hydrogen) atoms. The Balaban J connectivity index is 2.55. The Kier molecular flexibility index (Phi) is 9.85. The molecule has 1 rings (SSSR count). The monoisotopic (exact) mass is 350 g/mol. The van der Waals surface area contributed by atoms with E-state index in [1.54, 1.807) is 13.8 Å². The standard InChI is InChI=1S/C20H30O5/c1-5-9-16(4)25-20(22)18(19(21)24-15(2)3)12-13-23-14-17-10-7-6-8-11-17/h6-8,10-11,15-16,18H,5,9,12-14H2,1-4H3. The van der Waals surface area contributed by atoms with Crippen molar-refractivity contribution in [3.05, 3.63) is 35.9 Å². The third-order valence-corrected chi connectivity index (χ3v) is 3.60. The van der Waals surface area contributed by atoms with Crippen LogP contribution < -0.4 is 0 Å². The van der Waals surface area contributed by atoms with Gasteiger partial charge in [0.05, 0.1) is 18.8 Å². The maximum atomic E-state index is 12.3. The minimum atomic E-state index is -0.947. The lowest BCUT2D eigenvalue weighted by atomic mass is 10.1. The van der Waals surface area contributed by atoms with Crippen LogP contribution in [0.3, 0.4) is 0 Å². The van der Waals surface area contributed by atoms with E-state index in [1.165, 1.54) is 0 Å². The van der Waals surface area contributed by atoms with Crippen molar-refractivity contribution in [2.24, 2.45) is 5.92 Å². The lowest BCUT2D eigenvalue weighted by Crippen LogP contribution is -2.32. The number of benzene rings is 1. The van der Waals surface area contributed by atoms with Gasteiger partial charge in [0, 0.05) is 6.61 Å². The molecule has 140 valence electrons. The first-order valence-electron chi connectivity index (χ1n) is 8.96. The highest BCUT2D eigenvalue weighted by Gasteiger charge is 2.31. The van der Waals surface area contributed by atoms with Gasteiger partial charge in [-0.3, -0.25) is 9.59 Å². The van der Waals surface area contributed by atoms with Crippen molar-refractivity contribution >= 4 is 11.9 Å². The van der Waals surface area contributed by atoms with Gasteiger partial charge in [0.1, 0.15) is 0 Å². The van der Waals surface area contributed by atoms with Crippen LogP contribution in [-0.4, -0.2) is 30.8 Å². The molecule has 0 saturated heterocycles. The van der Waals surface area contributed by atoms with E-state index >= 15 is 0 Å². The molecule has 0 aliphatic carbocycles. The molecule has 0 fully saturated rings. The number of ether oxygens (including phenoxy) is 3. The van der Waals surface area contributed by atoms with Gasteiger partial charge in [0.15, 0.2) is 5.92 Å². The van der Waals surface area contributed by atoms with Crippen LogP contribution in [0.2, 0.25) is 0 Å². The smallest absolute Gasteiger partial charge is 0.320 e. The van der Waals surface area contributed by atoms with Crippen LogP contribution in [0, 0.1) is 5.92 Å². The first kappa shape index (κ1) is 21.2. The molecule has 5 nitrogen and oxygen atoms in total. The Morgan fingerprint density at radius 3 is 2.20 bits per heavy atom. The van der Waals surface area contributed by atoms with Gasteiger partial charge < -0.3 is 14.2 Å². The van der Waals surface area contributed by atoms with Crippen LogP contribution in [-0.2, 0) is 30.4 Å². The van der Waals surface area contributed by atoms with E-state index in [9.17, 15) is 9.59 Å². The Hall–Kier alpha value is -1.88. The Morgan fingerprint density at radius 1 is 0.960 bits per heavy atom. The van der Waals surface area contributed by atoms with Crippen molar-refractivity contribution in [2.75, 3.05) is 6.61 Å². The fraction of sp³-hybridized carbons (Fsp3) is 0.600. The molecule has 0 amide bonds. The minimum Gasteiger partial charge on any atom is -0.462 e. The molecule has 0 heterocycles. The normalized spacial score (nSPS) is 13.3. The SMILES string of the molecule is CCCC(C)OC(=O)C(CCOCc1ccccc1)C(=O)OC(C)C. The zero-order chi connectivity index (χ0) is 18.7. The molecule has 5 heteroatoms. The summed E-state index contributed by atoms with van der Waals surface area (Å²) < 4.78 is 16.2. The van der Waals surface area contributed by atoms with Crippen LogP contribution in [0.15, 0.2) is 30.3 Å². The lowest BCUT2D eigenvalue weighted by Gasteiger charge is -2.19. The van der Waals surface area contributed by atoms with Crippen molar-refractivity contribution in [3.63, 3.8) is 0 Å². The molecule has 0 aromatic heterocycles. The van der Waals surface area contributed by atoms with Crippen LogP contribution >= 0.6 is 0 Å². The molecule has 0 radical (unpaired) electrons. The molecule has 0 spiro atoms. The van der Waals surface area contributed by atoms with Crippen molar-refractivity contribution in [1.82, 2.24) is 0 Å². The van der Waals surface area contributed by atoms with E-state index in [1.807, 2.05) is 44.2 Å². The predicted octanol–water partition coefficient (Wildman–Crippen LogP) is 3.89. The number of carbonyl (C=O) groups excluding carboxylic acids is 2. The van der Waals surface area contributed by atoms with Crippen molar-refractivity contribution in [2.45, 2.75) is 65.8 Å². The van der Waals surface area contributed by atoms with Crippen molar-refractivity contribution in [3.8, 4) is 0 Å². The fourth-order valence-electron chi connectivity index (χ4n) is 2.36. The molecule has 1 aromatic carbocycles. The summed E-state index contributed by atoms with van der Waals surface area (Å²) in [4.78, 5) is 24.6. The number of esters is 2. The van der Waals surface area contributed by atoms with Crippen molar-refractivity contribution < 1.29 is 23.8 Å². The molecule has 0 saturated carbocycles. The van der Waals surface area contributed by atoms with Gasteiger partial charge in [-0.05, 0) is 39.2 Å². The predicted molar refractivity (Wildman–Crippen MR) is 95.9 cm³/mol. The summed E-state index contributed by atoms with van der Waals surface area (Å²) in [6, 6.07) is 9.74. The zero-order valence-electron chi connectivity index (χ0n) is 15.7. The summed E-state index contributed by atoms with van der Waals surface area (Å²) in [5, 5.41) is 0. The Labute approximate surface area is 150 Å². The van der Waals surface area contributed by atoms with Gasteiger partial charge in [0.2, 0.25) is 0 Å². The van der Waals surface area contributed by atoms with E-state index in [0.29, 0.717) is 6.61 Å². The Bertz CT molecular complexity index is 512. The first-order chi connectivity index (χ1) is 11.9. The van der Waals surface area contributed by atoms with Crippen molar-refractivity contribution in [1.29, 1.82) is 0 Å². The molecule has 1 aromatic rings. The number of hydrogen-bond acceptors (Lipinski definition) is 5. The summed E-state index contributed by atoms with van der Waals surface area (Å²) >= 11 is 0. The van der Waals surface area contributed by atoms with Gasteiger partial charge in [0.25, 0.3) is 0 Å². The van der Waals surface area contributed by atoms with Gasteiger partial charge in [-0.15, -0.1) is 0 Å². The second-order valence-electron chi connectivity index (χ2n) is 6.40. The lowest BCUT2D eigenvalue weighted by molar-refractivity contribution is -0.168. The fourth-order valence-corrected chi connectivity index (χ4v) is 2.36. The van der Waals surface area contributed by atoms with E-state index < -0.39 is 17.9 Å². The highest BCUT2D eigenvalue weighted by Crippen LogP contribution is 2.14. The second-order valence-corrected chi connectivity index (χ2v) is 6.40. The molecule has 0 bridgehead atoms. The molecular formula is C20H30O5. The number of rotatable bonds is 11. The van der Waals surface area contributed by atoms with Gasteiger partial charge in [-0.2, -0.15) is 0 Å². The third kappa shape index (κ3) is 8.68. The highest BCUT2D eigenvalue weighted by molar-refractivity contribution is 5.95. The van der Waals surface area contributed by atoms with E-state index in [-0.39, 0.29) is 25.2 Å². The molecule has 2 unspecified atom stereocenters. The van der Waals surface area contributed by atoms with E-state index in [4.69, 9.17) is 14.2 Å². The minimum absolute atomic E-state index is 0.211. The molecule has 0 N–H and O–H groups in total. The summed E-state index contributed by atoms with van der Waals surface area (Å²) in [6.45, 7) is 8.08. The highest BCUT2D eigenvalue weighted by atomic mass is 16.6. The van der Waals surface area contributed by atoms with Crippen LogP contribution in [0.1, 0.15) is 52.5 Å². The topological polar surface area (TPSA) is 61.8 Å². The summed E-state index contributed by atoms with van der Waals surface area (Å²) in [6.07, 6.45) is 1.44. The van der Waals surface area contributed by atoms with E-state index in [0.717, 1.165) is 18.4 Å². The molecule has 2 atom stereocenters. The quantitative estimate of drug-likeness (QED) is 0.344. The van der Waals surface area contributed by atoms with Crippen LogP contribution in [0.4, 0.5) is 0 Å². The van der Waals surface area contributed by atoms with Gasteiger partial charge in [-0.1, -0.05) is 43.7 Å². The summed E-state index contributed by atoms with van der Waals surface area (Å²) in [5.74, 6) is -2.03. The zero-order valence-corrected chi connectivity index (χ0v) is 15.7. The molecule has 0 aliphatic heterocycles. The number of carbonyl (C=O) groups is 2. The largest absolute Gasteiger partial charge is 0.462 e. The van der Waals surface area contributed by atoms with Crippen LogP contribution in [0.25, 0.3) is 0 Å². The maximum Gasteiger partial charge on any atom is 0.320 e. The summed E-state index contributed by atoms with van der Waals surface area (Å²) in [5.41, 5.74) is 1.04. The third-order valence-electron chi connectivity index (χ3n) is 3.60. The second kappa shape index (κ2) is 11.6. The molecular weight excluding hydrogens is 320 g/mol. The first-order valence-corrected chi connectivity index (χ1v) is 8.96. The molecule has 0 aliphatic rings. The van der Waals surface area contributed by atoms with E-state index in [2.05, 4.69) is 0 Å². The average molecular weight is 350 g/mol. The van der Waals surface area contributed by atoms with Gasteiger partial charge in [-0.25, -0.2) is 0 Å². The Morgan fingerprint density at radius 2 is 1.60 bits per heavy atom. The summed E-state index contributed by atoms with van der Waals surface area (Å²) in [7, 11) is 0. The average Bonchev–Trinajstić information content (AvgIpc) is 2.55.